The Bertz CT molecular complexity index is 719. The molecule has 1 saturated heterocycles. The lowest BCUT2D eigenvalue weighted by molar-refractivity contribution is -0.119. The summed E-state index contributed by atoms with van der Waals surface area (Å²) in [6.45, 7) is 3.92. The molecule has 1 atom stereocenters. The van der Waals surface area contributed by atoms with Crippen molar-refractivity contribution in [3.63, 3.8) is 0 Å². The fourth-order valence-corrected chi connectivity index (χ4v) is 5.86. The Hall–Kier alpha value is -1.75. The van der Waals surface area contributed by atoms with E-state index in [-0.39, 0.29) is 17.4 Å². The number of fused-ring (bicyclic) bond motifs is 2. The first kappa shape index (κ1) is 19.6. The van der Waals surface area contributed by atoms with Crippen molar-refractivity contribution in [1.82, 2.24) is 10.2 Å². The van der Waals surface area contributed by atoms with Gasteiger partial charge < -0.3 is 19.7 Å². The first-order chi connectivity index (χ1) is 13.6. The third kappa shape index (κ3) is 3.49. The van der Waals surface area contributed by atoms with Crippen molar-refractivity contribution in [3.05, 3.63) is 23.3 Å². The minimum absolute atomic E-state index is 0.0300. The molecule has 28 heavy (non-hydrogen) atoms. The van der Waals surface area contributed by atoms with E-state index in [0.717, 1.165) is 49.9 Å². The molecule has 4 rings (SSSR count). The molecular formula is C23H34N2O3. The van der Waals surface area contributed by atoms with Crippen LogP contribution in [0.25, 0.3) is 0 Å². The van der Waals surface area contributed by atoms with Gasteiger partial charge in [0.05, 0.1) is 20.3 Å². The van der Waals surface area contributed by atoms with Gasteiger partial charge in [-0.1, -0.05) is 19.3 Å². The van der Waals surface area contributed by atoms with Gasteiger partial charge in [-0.15, -0.1) is 0 Å². The molecule has 1 heterocycles. The van der Waals surface area contributed by atoms with E-state index in [4.69, 9.17) is 9.47 Å². The van der Waals surface area contributed by atoms with Crippen molar-refractivity contribution in [2.75, 3.05) is 27.3 Å². The third-order valence-electron chi connectivity index (χ3n) is 7.32. The number of piperidine rings is 1. The maximum Gasteiger partial charge on any atom is 0.217 e. The fourth-order valence-electron chi connectivity index (χ4n) is 5.86. The molecule has 1 aromatic carbocycles. The van der Waals surface area contributed by atoms with Gasteiger partial charge in [0.25, 0.3) is 0 Å². The summed E-state index contributed by atoms with van der Waals surface area (Å²) >= 11 is 0. The van der Waals surface area contributed by atoms with Gasteiger partial charge >= 0.3 is 0 Å². The van der Waals surface area contributed by atoms with Crippen molar-refractivity contribution < 1.29 is 14.3 Å². The molecule has 1 N–H and O–H groups in total. The second-order valence-electron chi connectivity index (χ2n) is 8.86. The van der Waals surface area contributed by atoms with Gasteiger partial charge in [0.15, 0.2) is 11.5 Å². The van der Waals surface area contributed by atoms with Crippen LogP contribution in [-0.4, -0.2) is 44.2 Å². The van der Waals surface area contributed by atoms with Crippen molar-refractivity contribution in [2.24, 2.45) is 0 Å². The van der Waals surface area contributed by atoms with Crippen LogP contribution in [0.5, 0.6) is 11.5 Å². The van der Waals surface area contributed by atoms with Gasteiger partial charge in [0, 0.05) is 18.4 Å². The van der Waals surface area contributed by atoms with Crippen LogP contribution in [0.4, 0.5) is 0 Å². The van der Waals surface area contributed by atoms with E-state index in [1.165, 1.54) is 43.2 Å². The summed E-state index contributed by atoms with van der Waals surface area (Å²) in [5.41, 5.74) is 2.69. The maximum atomic E-state index is 11.8. The van der Waals surface area contributed by atoms with E-state index in [0.29, 0.717) is 0 Å². The molecule has 0 aromatic heterocycles. The van der Waals surface area contributed by atoms with Gasteiger partial charge in [-0.3, -0.25) is 4.79 Å². The van der Waals surface area contributed by atoms with Crippen LogP contribution in [0, 0.1) is 0 Å². The molecule has 154 valence electrons. The number of nitrogens with one attached hydrogen (secondary N) is 1. The molecule has 3 aliphatic rings. The summed E-state index contributed by atoms with van der Waals surface area (Å²) in [6.07, 6.45) is 10.2. The number of hydrogen-bond acceptors (Lipinski definition) is 4. The number of nitrogens with zero attached hydrogens (tertiary/aromatic N) is 1. The molecule has 2 fully saturated rings. The maximum absolute atomic E-state index is 11.8. The molecule has 5 nitrogen and oxygen atoms in total. The predicted molar refractivity (Wildman–Crippen MR) is 110 cm³/mol. The molecule has 1 saturated carbocycles. The number of likely N-dealkylation sites (tertiary alicyclic amines) is 1. The summed E-state index contributed by atoms with van der Waals surface area (Å²) in [7, 11) is 3.37. The van der Waals surface area contributed by atoms with E-state index in [1.807, 2.05) is 0 Å². The fraction of sp³-hybridized carbons (Fsp3) is 0.696. The molecule has 1 spiro atoms. The highest BCUT2D eigenvalue weighted by Crippen LogP contribution is 2.53. The highest BCUT2D eigenvalue weighted by atomic mass is 16.5. The van der Waals surface area contributed by atoms with E-state index in [9.17, 15) is 4.79 Å². The van der Waals surface area contributed by atoms with Crippen LogP contribution in [0.15, 0.2) is 12.1 Å². The van der Waals surface area contributed by atoms with Gasteiger partial charge in [0.2, 0.25) is 5.91 Å². The van der Waals surface area contributed by atoms with Gasteiger partial charge in [-0.2, -0.15) is 0 Å². The van der Waals surface area contributed by atoms with Crippen LogP contribution < -0.4 is 14.8 Å². The summed E-state index contributed by atoms with van der Waals surface area (Å²) in [6, 6.07) is 5.10. The topological polar surface area (TPSA) is 50.8 Å². The van der Waals surface area contributed by atoms with Crippen molar-refractivity contribution >= 4 is 5.91 Å². The smallest absolute Gasteiger partial charge is 0.217 e. The average molecular weight is 387 g/mol. The van der Waals surface area contributed by atoms with Crippen molar-refractivity contribution in [3.8, 4) is 11.5 Å². The molecule has 0 bridgehead atoms. The van der Waals surface area contributed by atoms with Gasteiger partial charge in [0.1, 0.15) is 0 Å². The van der Waals surface area contributed by atoms with Crippen molar-refractivity contribution in [1.29, 1.82) is 0 Å². The number of ether oxygens (including phenoxy) is 2. The van der Waals surface area contributed by atoms with Crippen LogP contribution in [-0.2, 0) is 10.2 Å². The van der Waals surface area contributed by atoms with Gasteiger partial charge in [-0.05, 0) is 68.5 Å². The Morgan fingerprint density at radius 2 is 1.71 bits per heavy atom. The van der Waals surface area contributed by atoms with Crippen LogP contribution in [0.2, 0.25) is 0 Å². The highest BCUT2D eigenvalue weighted by Gasteiger charge is 2.47. The molecule has 0 radical (unpaired) electrons. The van der Waals surface area contributed by atoms with E-state index in [2.05, 4.69) is 22.3 Å². The number of carbonyl (C=O) groups is 1. The number of amides is 1. The molecule has 0 unspecified atom stereocenters. The predicted octanol–water partition coefficient (Wildman–Crippen LogP) is 3.95. The lowest BCUT2D eigenvalue weighted by Gasteiger charge is -2.44. The molecular weight excluding hydrogens is 352 g/mol. The lowest BCUT2D eigenvalue weighted by atomic mass is 9.73. The number of hydrogen-bond donors (Lipinski definition) is 1. The summed E-state index contributed by atoms with van der Waals surface area (Å²) in [5.74, 6) is 1.56. The standard InChI is InChI=1S/C23H34N2O3/c1-16(26)24-20-15-23(19-14-22(28-3)21(27-2)13-18(19)20)9-11-25(12-10-23)17-7-5-4-6-8-17/h13-14,17,20H,4-12,15H2,1-3H3,(H,24,26)/t20-/m0/s1. The third-order valence-corrected chi connectivity index (χ3v) is 7.32. The normalized spacial score (nSPS) is 24.8. The number of carbonyl (C=O) groups excluding carboxylic acids is 1. The number of benzene rings is 1. The number of rotatable bonds is 4. The Balaban J connectivity index is 1.61. The Morgan fingerprint density at radius 3 is 2.32 bits per heavy atom. The summed E-state index contributed by atoms with van der Waals surface area (Å²) in [5, 5.41) is 3.18. The first-order valence-corrected chi connectivity index (χ1v) is 10.8. The van der Waals surface area contributed by atoms with Crippen LogP contribution in [0.1, 0.15) is 75.5 Å². The SMILES string of the molecule is COc1cc2c(cc1OC)C1(CCN(C3CCCCC3)CC1)C[C@@H]2NC(C)=O. The zero-order valence-corrected chi connectivity index (χ0v) is 17.6. The largest absolute Gasteiger partial charge is 0.493 e. The van der Waals surface area contributed by atoms with E-state index >= 15 is 0 Å². The second-order valence-corrected chi connectivity index (χ2v) is 8.86. The molecule has 1 aromatic rings. The number of methoxy groups -OCH3 is 2. The minimum atomic E-state index is 0.0300. The summed E-state index contributed by atoms with van der Waals surface area (Å²) < 4.78 is 11.1. The molecule has 1 amide bonds. The lowest BCUT2D eigenvalue weighted by Crippen LogP contribution is -2.47. The Morgan fingerprint density at radius 1 is 1.07 bits per heavy atom. The average Bonchev–Trinajstić information content (AvgIpc) is 2.99. The zero-order chi connectivity index (χ0) is 19.7. The molecule has 1 aliphatic heterocycles. The minimum Gasteiger partial charge on any atom is -0.493 e. The summed E-state index contributed by atoms with van der Waals surface area (Å²) in [4.78, 5) is 14.6. The first-order valence-electron chi connectivity index (χ1n) is 10.8. The Labute approximate surface area is 168 Å². The van der Waals surface area contributed by atoms with E-state index in [1.54, 1.807) is 21.1 Å². The van der Waals surface area contributed by atoms with Crippen LogP contribution in [0.3, 0.4) is 0 Å². The second kappa shape index (κ2) is 7.94. The zero-order valence-electron chi connectivity index (χ0n) is 17.6. The van der Waals surface area contributed by atoms with E-state index < -0.39 is 0 Å². The highest BCUT2D eigenvalue weighted by molar-refractivity contribution is 5.74. The van der Waals surface area contributed by atoms with Crippen molar-refractivity contribution in [2.45, 2.75) is 75.8 Å². The monoisotopic (exact) mass is 386 g/mol. The molecule has 2 aliphatic carbocycles. The molecule has 5 heteroatoms. The van der Waals surface area contributed by atoms with Gasteiger partial charge in [-0.25, -0.2) is 0 Å². The Kier molecular flexibility index (Phi) is 5.55. The van der Waals surface area contributed by atoms with Crippen LogP contribution >= 0.6 is 0 Å². The quantitative estimate of drug-likeness (QED) is 0.851.